The van der Waals surface area contributed by atoms with Gasteiger partial charge < -0.3 is 10.6 Å². The van der Waals surface area contributed by atoms with Gasteiger partial charge in [0.2, 0.25) is 0 Å². The van der Waals surface area contributed by atoms with Crippen molar-refractivity contribution in [2.75, 3.05) is 40.8 Å². The molecule has 1 aromatic carbocycles. The zero-order valence-corrected chi connectivity index (χ0v) is 12.3. The van der Waals surface area contributed by atoms with Gasteiger partial charge in [-0.2, -0.15) is 0 Å². The number of benzene rings is 1. The van der Waals surface area contributed by atoms with Gasteiger partial charge >= 0.3 is 0 Å². The van der Waals surface area contributed by atoms with Crippen LogP contribution in [0.4, 0.5) is 0 Å². The van der Waals surface area contributed by atoms with E-state index in [1.807, 2.05) is 18.2 Å². The Bertz CT molecular complexity index is 355. The van der Waals surface area contributed by atoms with Crippen LogP contribution in [0.3, 0.4) is 0 Å². The Morgan fingerprint density at radius 2 is 1.83 bits per heavy atom. The van der Waals surface area contributed by atoms with E-state index in [0.29, 0.717) is 6.54 Å². The van der Waals surface area contributed by atoms with Crippen molar-refractivity contribution < 1.29 is 0 Å². The Balaban J connectivity index is 2.63. The summed E-state index contributed by atoms with van der Waals surface area (Å²) in [4.78, 5) is 4.48. The number of hydrogen-bond acceptors (Lipinski definition) is 3. The largest absolute Gasteiger partial charge is 0.329 e. The van der Waals surface area contributed by atoms with Crippen LogP contribution in [0.15, 0.2) is 24.3 Å². The second-order valence-corrected chi connectivity index (χ2v) is 5.32. The fourth-order valence-corrected chi connectivity index (χ4v) is 2.34. The summed E-state index contributed by atoms with van der Waals surface area (Å²) in [5.41, 5.74) is 7.01. The second kappa shape index (κ2) is 7.74. The summed E-state index contributed by atoms with van der Waals surface area (Å²) in [5.74, 6) is 0. The first kappa shape index (κ1) is 15.4. The van der Waals surface area contributed by atoms with E-state index in [1.165, 1.54) is 0 Å². The van der Waals surface area contributed by atoms with Gasteiger partial charge in [-0.25, -0.2) is 0 Å². The molecule has 0 aliphatic carbocycles. The molecular weight excluding hydrogens is 246 g/mol. The van der Waals surface area contributed by atoms with Crippen molar-refractivity contribution in [2.45, 2.75) is 12.5 Å². The van der Waals surface area contributed by atoms with Crippen molar-refractivity contribution in [2.24, 2.45) is 5.73 Å². The Labute approximate surface area is 116 Å². The number of halogens is 1. The molecule has 1 aromatic rings. The van der Waals surface area contributed by atoms with Crippen LogP contribution in [0, 0.1) is 0 Å². The molecule has 102 valence electrons. The van der Waals surface area contributed by atoms with E-state index in [-0.39, 0.29) is 6.04 Å². The Kier molecular flexibility index (Phi) is 6.65. The summed E-state index contributed by atoms with van der Waals surface area (Å²) in [6.45, 7) is 2.69. The molecule has 0 bridgehead atoms. The average molecular weight is 270 g/mol. The molecule has 0 aromatic heterocycles. The molecular formula is C14H24ClN3. The lowest BCUT2D eigenvalue weighted by Gasteiger charge is -2.28. The number of rotatable bonds is 7. The highest BCUT2D eigenvalue weighted by molar-refractivity contribution is 6.31. The van der Waals surface area contributed by atoms with E-state index in [2.05, 4.69) is 37.0 Å². The zero-order chi connectivity index (χ0) is 13.5. The van der Waals surface area contributed by atoms with Crippen molar-refractivity contribution in [3.63, 3.8) is 0 Å². The van der Waals surface area contributed by atoms with E-state index in [1.54, 1.807) is 0 Å². The lowest BCUT2D eigenvalue weighted by Crippen LogP contribution is -2.32. The third kappa shape index (κ3) is 4.58. The van der Waals surface area contributed by atoms with Crippen LogP contribution in [0.1, 0.15) is 18.0 Å². The molecule has 0 fully saturated rings. The first-order valence-corrected chi connectivity index (χ1v) is 6.73. The third-order valence-electron chi connectivity index (χ3n) is 3.14. The van der Waals surface area contributed by atoms with Gasteiger partial charge in [0.1, 0.15) is 0 Å². The molecule has 1 unspecified atom stereocenters. The van der Waals surface area contributed by atoms with Crippen LogP contribution in [0.2, 0.25) is 5.02 Å². The van der Waals surface area contributed by atoms with Crippen molar-refractivity contribution in [1.29, 1.82) is 0 Å². The fourth-order valence-electron chi connectivity index (χ4n) is 2.08. The van der Waals surface area contributed by atoms with E-state index in [0.717, 1.165) is 30.1 Å². The molecule has 1 atom stereocenters. The number of likely N-dealkylation sites (N-methyl/N-ethyl adjacent to an activating group) is 1. The molecule has 0 heterocycles. The van der Waals surface area contributed by atoms with Gasteiger partial charge in [0, 0.05) is 17.6 Å². The lowest BCUT2D eigenvalue weighted by atomic mass is 10.1. The van der Waals surface area contributed by atoms with E-state index in [9.17, 15) is 0 Å². The molecule has 1 rings (SSSR count). The minimum atomic E-state index is 0.195. The fraction of sp³-hybridized carbons (Fsp3) is 0.571. The topological polar surface area (TPSA) is 32.5 Å². The minimum absolute atomic E-state index is 0.195. The monoisotopic (exact) mass is 269 g/mol. The maximum Gasteiger partial charge on any atom is 0.0482 e. The Morgan fingerprint density at radius 1 is 1.17 bits per heavy atom. The number of nitrogens with two attached hydrogens (primary N) is 1. The molecule has 3 nitrogen and oxygen atoms in total. The molecule has 4 heteroatoms. The molecule has 0 saturated heterocycles. The highest BCUT2D eigenvalue weighted by Gasteiger charge is 2.17. The summed E-state index contributed by atoms with van der Waals surface area (Å²) in [6.07, 6.45) is 1.13. The van der Waals surface area contributed by atoms with Crippen LogP contribution in [0.25, 0.3) is 0 Å². The van der Waals surface area contributed by atoms with Gasteiger partial charge in [-0.05, 0) is 52.3 Å². The highest BCUT2D eigenvalue weighted by Crippen LogP contribution is 2.25. The zero-order valence-electron chi connectivity index (χ0n) is 11.6. The second-order valence-electron chi connectivity index (χ2n) is 4.91. The molecule has 0 saturated carbocycles. The first-order chi connectivity index (χ1) is 8.56. The molecule has 0 aliphatic rings. The summed E-state index contributed by atoms with van der Waals surface area (Å²) in [6, 6.07) is 8.14. The van der Waals surface area contributed by atoms with Crippen molar-refractivity contribution in [3.05, 3.63) is 34.9 Å². The predicted molar refractivity (Wildman–Crippen MR) is 79.0 cm³/mol. The summed E-state index contributed by atoms with van der Waals surface area (Å²) in [7, 11) is 6.29. The summed E-state index contributed by atoms with van der Waals surface area (Å²) in [5, 5.41) is 0.799. The molecule has 0 spiro atoms. The van der Waals surface area contributed by atoms with Crippen LogP contribution in [0.5, 0.6) is 0 Å². The standard InChI is InChI=1S/C14H24ClN3/c1-17(2)9-6-10-18(3)14(11-16)12-7-4-5-8-13(12)15/h4-5,7-8,14H,6,9-11,16H2,1-3H3. The number of nitrogens with zero attached hydrogens (tertiary/aromatic N) is 2. The Morgan fingerprint density at radius 3 is 2.39 bits per heavy atom. The van der Waals surface area contributed by atoms with Crippen LogP contribution in [-0.4, -0.2) is 50.6 Å². The van der Waals surface area contributed by atoms with Gasteiger partial charge in [0.15, 0.2) is 0 Å². The van der Waals surface area contributed by atoms with E-state index >= 15 is 0 Å². The normalized spacial score (nSPS) is 13.3. The predicted octanol–water partition coefficient (Wildman–Crippen LogP) is 2.22. The minimum Gasteiger partial charge on any atom is -0.329 e. The number of hydrogen-bond donors (Lipinski definition) is 1. The molecule has 0 radical (unpaired) electrons. The maximum absolute atomic E-state index is 6.24. The van der Waals surface area contributed by atoms with Crippen molar-refractivity contribution in [1.82, 2.24) is 9.80 Å². The van der Waals surface area contributed by atoms with Crippen LogP contribution >= 0.6 is 11.6 Å². The van der Waals surface area contributed by atoms with Crippen molar-refractivity contribution in [3.8, 4) is 0 Å². The maximum atomic E-state index is 6.24. The summed E-state index contributed by atoms with van der Waals surface area (Å²) >= 11 is 6.24. The Hall–Kier alpha value is -0.610. The molecule has 0 aliphatic heterocycles. The van der Waals surface area contributed by atoms with Crippen LogP contribution in [-0.2, 0) is 0 Å². The van der Waals surface area contributed by atoms with E-state index in [4.69, 9.17) is 17.3 Å². The van der Waals surface area contributed by atoms with Crippen molar-refractivity contribution >= 4 is 11.6 Å². The van der Waals surface area contributed by atoms with Gasteiger partial charge in [0.05, 0.1) is 0 Å². The quantitative estimate of drug-likeness (QED) is 0.824. The molecule has 18 heavy (non-hydrogen) atoms. The SMILES string of the molecule is CN(C)CCCN(C)C(CN)c1ccccc1Cl. The summed E-state index contributed by atoms with van der Waals surface area (Å²) < 4.78 is 0. The smallest absolute Gasteiger partial charge is 0.0482 e. The highest BCUT2D eigenvalue weighted by atomic mass is 35.5. The van der Waals surface area contributed by atoms with Gasteiger partial charge in [-0.1, -0.05) is 29.8 Å². The van der Waals surface area contributed by atoms with Crippen LogP contribution < -0.4 is 5.73 Å². The van der Waals surface area contributed by atoms with E-state index < -0.39 is 0 Å². The van der Waals surface area contributed by atoms with Gasteiger partial charge in [-0.3, -0.25) is 4.90 Å². The first-order valence-electron chi connectivity index (χ1n) is 6.35. The lowest BCUT2D eigenvalue weighted by molar-refractivity contribution is 0.235. The molecule has 2 N–H and O–H groups in total. The third-order valence-corrected chi connectivity index (χ3v) is 3.48. The van der Waals surface area contributed by atoms with Gasteiger partial charge in [-0.15, -0.1) is 0 Å². The van der Waals surface area contributed by atoms with Gasteiger partial charge in [0.25, 0.3) is 0 Å². The average Bonchev–Trinajstić information content (AvgIpc) is 2.32. The molecule has 0 amide bonds.